The number of amides is 2. The Morgan fingerprint density at radius 2 is 2.00 bits per heavy atom. The molecule has 0 aliphatic heterocycles. The first-order chi connectivity index (χ1) is 4.27. The van der Waals surface area contributed by atoms with Crippen molar-refractivity contribution < 1.29 is 4.42 Å². The van der Waals surface area contributed by atoms with Crippen LogP contribution in [-0.4, -0.2) is 12.6 Å². The Hall–Kier alpha value is -0.730. The van der Waals surface area contributed by atoms with E-state index >= 15 is 0 Å². The second kappa shape index (κ2) is 5.41. The number of urea groups is 1. The summed E-state index contributed by atoms with van der Waals surface area (Å²) < 4.78 is 4.82. The van der Waals surface area contributed by atoms with Gasteiger partial charge in [0.05, 0.1) is 0 Å². The van der Waals surface area contributed by atoms with Gasteiger partial charge in [0.25, 0.3) is 6.61 Å². The lowest BCUT2D eigenvalue weighted by Gasteiger charge is -1.83. The van der Waals surface area contributed by atoms with Crippen molar-refractivity contribution in [3.8, 4) is 0 Å². The molecule has 0 atom stereocenters. The molecule has 0 fully saturated rings. The maximum absolute atomic E-state index is 5.05. The molecule has 0 rings (SSSR count). The van der Waals surface area contributed by atoms with Crippen LogP contribution >= 0.6 is 0 Å². The molecule has 0 aromatic heterocycles. The topological polar surface area (TPSA) is 63.3 Å². The molecule has 0 saturated carbocycles. The van der Waals surface area contributed by atoms with E-state index in [-0.39, 0.29) is 6.03 Å². The zero-order valence-electron chi connectivity index (χ0n) is 5.89. The van der Waals surface area contributed by atoms with E-state index in [1.165, 1.54) is 12.8 Å². The molecule has 9 heavy (non-hydrogen) atoms. The molecule has 3 nitrogen and oxygen atoms in total. The number of unbranched alkanes of at least 4 members (excludes halogenated alkanes) is 2. The van der Waals surface area contributed by atoms with E-state index in [2.05, 4.69) is 6.92 Å². The highest BCUT2D eigenvalue weighted by molar-refractivity contribution is 5.69. The molecule has 0 aliphatic carbocycles. The smallest absolute Gasteiger partial charge is 0.303 e. The van der Waals surface area contributed by atoms with Crippen LogP contribution in [0.1, 0.15) is 26.2 Å². The van der Waals surface area contributed by atoms with E-state index in [4.69, 9.17) is 15.9 Å². The van der Waals surface area contributed by atoms with Crippen molar-refractivity contribution >= 4 is 6.03 Å². The first kappa shape index (κ1) is 8.27. The van der Waals surface area contributed by atoms with Crippen LogP contribution in [-0.2, 0) is 0 Å². The number of hydrogen-bond acceptors (Lipinski definition) is 0. The number of carbonyl (C=O) groups excluding carboxylic acids is 1. The second-order valence-corrected chi connectivity index (χ2v) is 1.96. The first-order valence-electron chi connectivity index (χ1n) is 3.28. The van der Waals surface area contributed by atoms with Crippen molar-refractivity contribution in [1.82, 2.24) is 0 Å². The molecule has 0 bridgehead atoms. The first-order valence-corrected chi connectivity index (χ1v) is 3.28. The maximum atomic E-state index is 5.05. The fraction of sp³-hybridized carbons (Fsp3) is 0.833. The van der Waals surface area contributed by atoms with Crippen LogP contribution in [0.5, 0.6) is 0 Å². The van der Waals surface area contributed by atoms with Gasteiger partial charge in [0.15, 0.2) is 0 Å². The molecular weight excluding hydrogens is 116 g/mol. The van der Waals surface area contributed by atoms with Gasteiger partial charge in [-0.2, -0.15) is 0 Å². The molecule has 0 heterocycles. The minimum Gasteiger partial charge on any atom is -0.303 e. The predicted octanol–water partition coefficient (Wildman–Crippen LogP) is 0.750. The Labute approximate surface area is 55.7 Å². The maximum Gasteiger partial charge on any atom is 0.494 e. The van der Waals surface area contributed by atoms with Gasteiger partial charge in [0.2, 0.25) is 0 Å². The lowest BCUT2D eigenvalue weighted by Crippen LogP contribution is -2.21. The summed E-state index contributed by atoms with van der Waals surface area (Å²) in [7, 11) is 0. The average Bonchev–Trinajstić information content (AvgIpc) is 1.80. The molecule has 54 valence electrons. The van der Waals surface area contributed by atoms with Gasteiger partial charge in [-0.1, -0.05) is 13.3 Å². The van der Waals surface area contributed by atoms with E-state index in [0.717, 1.165) is 6.42 Å². The van der Waals surface area contributed by atoms with E-state index in [1.54, 1.807) is 0 Å². The lowest BCUT2D eigenvalue weighted by atomic mass is 10.3. The third-order valence-electron chi connectivity index (χ3n) is 1.02. The van der Waals surface area contributed by atoms with Crippen molar-refractivity contribution in [3.05, 3.63) is 0 Å². The van der Waals surface area contributed by atoms with Gasteiger partial charge in [-0.15, -0.1) is 0 Å². The van der Waals surface area contributed by atoms with Gasteiger partial charge in [0.1, 0.15) is 0 Å². The highest BCUT2D eigenvalue weighted by Gasteiger charge is 1.94. The summed E-state index contributed by atoms with van der Waals surface area (Å²) in [6, 6.07) is 0.0751. The molecule has 0 radical (unpaired) electrons. The van der Waals surface area contributed by atoms with E-state index in [9.17, 15) is 0 Å². The van der Waals surface area contributed by atoms with Crippen molar-refractivity contribution in [2.24, 2.45) is 11.5 Å². The zero-order chi connectivity index (χ0) is 7.11. The van der Waals surface area contributed by atoms with Crippen LogP contribution in [0.4, 0.5) is 4.42 Å². The van der Waals surface area contributed by atoms with Crippen molar-refractivity contribution in [2.45, 2.75) is 26.2 Å². The Balaban J connectivity index is 3.00. The Bertz CT molecular complexity index is 87.1. The van der Waals surface area contributed by atoms with Gasteiger partial charge in [-0.25, -0.2) is 4.42 Å². The predicted molar refractivity (Wildman–Crippen MR) is 38.2 cm³/mol. The number of nitrogens with two attached hydrogens (primary N) is 2. The normalized spacial score (nSPS) is 9.00. The molecule has 0 spiro atoms. The van der Waals surface area contributed by atoms with Gasteiger partial charge in [-0.3, -0.25) is 0 Å². The van der Waals surface area contributed by atoms with E-state index in [0.29, 0.717) is 6.61 Å². The molecule has 0 aromatic rings. The molecule has 0 saturated heterocycles. The molecule has 0 aromatic carbocycles. The summed E-state index contributed by atoms with van der Waals surface area (Å²) in [6.07, 6.45) is 3.40. The van der Waals surface area contributed by atoms with Crippen LogP contribution in [0.15, 0.2) is 0 Å². The Morgan fingerprint density at radius 3 is 2.44 bits per heavy atom. The quantitative estimate of drug-likeness (QED) is 0.418. The minimum atomic E-state index is 0.0751. The molecule has 0 aliphatic rings. The monoisotopic (exact) mass is 131 g/mol. The minimum absolute atomic E-state index is 0.0751. The molecule has 3 heteroatoms. The molecule has 4 N–H and O–H groups in total. The Kier molecular flexibility index (Phi) is 4.97. The largest absolute Gasteiger partial charge is 0.494 e. The van der Waals surface area contributed by atoms with Crippen LogP contribution < -0.4 is 11.5 Å². The molecule has 0 unspecified atom stereocenters. The number of primary amides is 2. The molecular formula is C6H15N2O+. The number of hydrogen-bond donors (Lipinski definition) is 2. The summed E-state index contributed by atoms with van der Waals surface area (Å²) in [6.45, 7) is 2.78. The highest BCUT2D eigenvalue weighted by atomic mass is 16.4. The van der Waals surface area contributed by atoms with Gasteiger partial charge in [0, 0.05) is 6.42 Å². The fourth-order valence-electron chi connectivity index (χ4n) is 0.542. The van der Waals surface area contributed by atoms with E-state index < -0.39 is 0 Å². The van der Waals surface area contributed by atoms with Gasteiger partial charge < -0.3 is 11.5 Å². The fourth-order valence-corrected chi connectivity index (χ4v) is 0.542. The van der Waals surface area contributed by atoms with Crippen LogP contribution in [0, 0.1) is 0 Å². The average molecular weight is 131 g/mol. The van der Waals surface area contributed by atoms with Crippen LogP contribution in [0.2, 0.25) is 0 Å². The lowest BCUT2D eigenvalue weighted by molar-refractivity contribution is -0.137. The summed E-state index contributed by atoms with van der Waals surface area (Å²) in [4.78, 5) is 0. The third kappa shape index (κ3) is 7.27. The third-order valence-corrected chi connectivity index (χ3v) is 1.02. The highest BCUT2D eigenvalue weighted by Crippen LogP contribution is 1.95. The summed E-state index contributed by atoms with van der Waals surface area (Å²) in [5, 5.41) is 0. The Morgan fingerprint density at radius 1 is 1.33 bits per heavy atom. The standard InChI is InChI=1S/C6H15N2O/c1-2-3-4-5-9-6(7)8/h2-5,7-8H2,1H3/q+1. The van der Waals surface area contributed by atoms with Gasteiger partial charge >= 0.3 is 6.03 Å². The van der Waals surface area contributed by atoms with E-state index in [1.807, 2.05) is 0 Å². The summed E-state index contributed by atoms with van der Waals surface area (Å²) >= 11 is 0. The van der Waals surface area contributed by atoms with Crippen molar-refractivity contribution in [2.75, 3.05) is 6.61 Å². The SMILES string of the molecule is CCCCC[O+]=C(N)N. The van der Waals surface area contributed by atoms with Crippen LogP contribution in [0.3, 0.4) is 0 Å². The van der Waals surface area contributed by atoms with Crippen molar-refractivity contribution in [1.29, 1.82) is 0 Å². The summed E-state index contributed by atoms with van der Waals surface area (Å²) in [5.74, 6) is 0. The second-order valence-electron chi connectivity index (χ2n) is 1.96. The zero-order valence-corrected chi connectivity index (χ0v) is 5.89. The molecule has 2 amide bonds. The summed E-state index contributed by atoms with van der Waals surface area (Å²) in [5.41, 5.74) is 10.1. The van der Waals surface area contributed by atoms with Crippen molar-refractivity contribution in [3.63, 3.8) is 0 Å². The number of rotatable bonds is 4. The van der Waals surface area contributed by atoms with Crippen LogP contribution in [0.25, 0.3) is 0 Å². The van der Waals surface area contributed by atoms with Gasteiger partial charge in [-0.05, 0) is 6.42 Å².